The van der Waals surface area contributed by atoms with E-state index in [0.29, 0.717) is 16.8 Å². The maximum absolute atomic E-state index is 5.65. The minimum atomic E-state index is 0.317. The summed E-state index contributed by atoms with van der Waals surface area (Å²) in [5, 5.41) is 5.74. The molecule has 0 spiro atoms. The van der Waals surface area contributed by atoms with Gasteiger partial charge < -0.3 is 4.42 Å². The van der Waals surface area contributed by atoms with Crippen molar-refractivity contribution in [3.8, 4) is 11.1 Å². The summed E-state index contributed by atoms with van der Waals surface area (Å²) in [6.07, 6.45) is 0. The van der Waals surface area contributed by atoms with E-state index in [2.05, 4.69) is 17.1 Å². The molecule has 0 aliphatic carbocycles. The van der Waals surface area contributed by atoms with Crippen molar-refractivity contribution in [2.75, 3.05) is 0 Å². The van der Waals surface area contributed by atoms with E-state index >= 15 is 0 Å². The van der Waals surface area contributed by atoms with Crippen LogP contribution in [0.1, 0.15) is 5.89 Å². The smallest absolute Gasteiger partial charge is 0.300 e. The standard InChI is InChI=1S/C15H13N3OS/c16-15(17)20-9-14-18-12-8-11(6-7-13(12)19-14)10-4-2-1-3-5-10/h1-8H,9H2,(H3,16,17)/p+1. The highest BCUT2D eigenvalue weighted by atomic mass is 32.2. The first-order valence-corrected chi connectivity index (χ1v) is 7.16. The van der Waals surface area contributed by atoms with Gasteiger partial charge in [-0.25, -0.2) is 4.98 Å². The summed E-state index contributed by atoms with van der Waals surface area (Å²) in [4.78, 5) is 4.46. The number of rotatable bonds is 3. The van der Waals surface area contributed by atoms with Crippen molar-refractivity contribution in [2.45, 2.75) is 5.75 Å². The summed E-state index contributed by atoms with van der Waals surface area (Å²) in [5.74, 6) is 1.17. The minimum Gasteiger partial charge on any atom is -0.440 e. The summed E-state index contributed by atoms with van der Waals surface area (Å²) in [6.45, 7) is 0. The van der Waals surface area contributed by atoms with Crippen molar-refractivity contribution in [1.29, 1.82) is 0 Å². The summed E-state index contributed by atoms with van der Waals surface area (Å²) in [7, 11) is 0. The lowest BCUT2D eigenvalue weighted by atomic mass is 10.1. The maximum atomic E-state index is 5.65. The van der Waals surface area contributed by atoms with Gasteiger partial charge in [0, 0.05) is 0 Å². The number of nitrogens with two attached hydrogens (primary N) is 2. The van der Waals surface area contributed by atoms with Crippen LogP contribution in [-0.2, 0) is 5.75 Å². The fourth-order valence-corrected chi connectivity index (χ4v) is 2.41. The van der Waals surface area contributed by atoms with Gasteiger partial charge in [-0.3, -0.25) is 11.1 Å². The third-order valence-corrected chi connectivity index (χ3v) is 3.63. The fourth-order valence-electron chi connectivity index (χ4n) is 1.99. The summed E-state index contributed by atoms with van der Waals surface area (Å²) in [5.41, 5.74) is 9.32. The van der Waals surface area contributed by atoms with Crippen LogP contribution in [0, 0.1) is 0 Å². The number of benzene rings is 2. The molecule has 0 saturated heterocycles. The Labute approximate surface area is 120 Å². The van der Waals surface area contributed by atoms with Crippen LogP contribution in [-0.4, -0.2) is 10.2 Å². The Morgan fingerprint density at radius 2 is 1.95 bits per heavy atom. The van der Waals surface area contributed by atoms with Crippen LogP contribution in [0.3, 0.4) is 0 Å². The van der Waals surface area contributed by atoms with Crippen LogP contribution in [0.25, 0.3) is 22.2 Å². The third kappa shape index (κ3) is 2.67. The van der Waals surface area contributed by atoms with Crippen molar-refractivity contribution in [2.24, 2.45) is 5.73 Å². The van der Waals surface area contributed by atoms with Crippen LogP contribution < -0.4 is 11.1 Å². The molecule has 0 bridgehead atoms. The summed E-state index contributed by atoms with van der Waals surface area (Å²) in [6, 6.07) is 16.2. The molecule has 4 N–H and O–H groups in total. The molecule has 4 nitrogen and oxygen atoms in total. The van der Waals surface area contributed by atoms with Crippen LogP contribution >= 0.6 is 11.8 Å². The van der Waals surface area contributed by atoms with Gasteiger partial charge in [-0.15, -0.1) is 0 Å². The fraction of sp³-hybridized carbons (Fsp3) is 0.0667. The lowest BCUT2D eigenvalue weighted by Gasteiger charge is -1.99. The molecular weight excluding hydrogens is 270 g/mol. The van der Waals surface area contributed by atoms with Gasteiger partial charge in [-0.2, -0.15) is 0 Å². The van der Waals surface area contributed by atoms with Gasteiger partial charge in [0.1, 0.15) is 5.52 Å². The molecule has 0 aliphatic rings. The number of fused-ring (bicyclic) bond motifs is 1. The highest BCUT2D eigenvalue weighted by Gasteiger charge is 2.09. The molecule has 3 rings (SSSR count). The van der Waals surface area contributed by atoms with Gasteiger partial charge in [-0.1, -0.05) is 36.4 Å². The van der Waals surface area contributed by atoms with Crippen LogP contribution in [0.5, 0.6) is 0 Å². The Hall–Kier alpha value is -2.27. The molecule has 0 fully saturated rings. The Balaban J connectivity index is 1.93. The van der Waals surface area contributed by atoms with Crippen molar-refractivity contribution < 1.29 is 9.83 Å². The molecule has 0 saturated carbocycles. The van der Waals surface area contributed by atoms with Gasteiger partial charge in [0.2, 0.25) is 5.89 Å². The molecule has 2 aromatic carbocycles. The van der Waals surface area contributed by atoms with Gasteiger partial charge in [0.15, 0.2) is 5.58 Å². The molecule has 0 unspecified atom stereocenters. The minimum absolute atomic E-state index is 0.317. The SMILES string of the molecule is NC(=[NH2+])SCc1nc2cc(-c3ccccc3)ccc2o1. The molecule has 5 heteroatoms. The number of thioether (sulfide) groups is 1. The zero-order valence-corrected chi connectivity index (χ0v) is 11.6. The van der Waals surface area contributed by atoms with Gasteiger partial charge in [-0.05, 0) is 35.0 Å². The van der Waals surface area contributed by atoms with Crippen molar-refractivity contribution in [3.05, 3.63) is 54.4 Å². The van der Waals surface area contributed by atoms with Crippen molar-refractivity contribution in [3.63, 3.8) is 0 Å². The Bertz CT molecular complexity index is 752. The van der Waals surface area contributed by atoms with E-state index < -0.39 is 0 Å². The number of amidine groups is 1. The van der Waals surface area contributed by atoms with Crippen LogP contribution in [0.2, 0.25) is 0 Å². The topological polar surface area (TPSA) is 77.6 Å². The van der Waals surface area contributed by atoms with Crippen molar-refractivity contribution >= 4 is 28.0 Å². The molecule has 0 amide bonds. The zero-order valence-electron chi connectivity index (χ0n) is 10.7. The molecule has 1 heterocycles. The first-order chi connectivity index (χ1) is 9.72. The predicted molar refractivity (Wildman–Crippen MR) is 81.9 cm³/mol. The Kier molecular flexibility index (Phi) is 3.43. The van der Waals surface area contributed by atoms with E-state index in [4.69, 9.17) is 15.6 Å². The Morgan fingerprint density at radius 3 is 2.70 bits per heavy atom. The molecule has 100 valence electrons. The second-order valence-corrected chi connectivity index (χ2v) is 5.40. The van der Waals surface area contributed by atoms with Gasteiger partial charge >= 0.3 is 0 Å². The highest BCUT2D eigenvalue weighted by molar-refractivity contribution is 8.12. The number of nitrogens with zero attached hydrogens (tertiary/aromatic N) is 1. The molecule has 0 aliphatic heterocycles. The predicted octanol–water partition coefficient (Wildman–Crippen LogP) is 1.80. The average molecular weight is 284 g/mol. The van der Waals surface area contributed by atoms with E-state index in [1.54, 1.807) is 0 Å². The highest BCUT2D eigenvalue weighted by Crippen LogP contribution is 2.25. The lowest BCUT2D eigenvalue weighted by Crippen LogP contribution is -2.43. The van der Waals surface area contributed by atoms with Gasteiger partial charge in [0.25, 0.3) is 5.17 Å². The number of hydrogen-bond acceptors (Lipinski definition) is 3. The average Bonchev–Trinajstić information content (AvgIpc) is 2.88. The zero-order chi connectivity index (χ0) is 13.9. The quantitative estimate of drug-likeness (QED) is 0.568. The largest absolute Gasteiger partial charge is 0.440 e. The van der Waals surface area contributed by atoms with Crippen LogP contribution in [0.4, 0.5) is 0 Å². The number of oxazole rings is 1. The number of hydrogen-bond donors (Lipinski definition) is 2. The third-order valence-electron chi connectivity index (χ3n) is 2.90. The van der Waals surface area contributed by atoms with Crippen molar-refractivity contribution in [1.82, 2.24) is 4.98 Å². The molecule has 3 aromatic rings. The maximum Gasteiger partial charge on any atom is 0.300 e. The normalized spacial score (nSPS) is 10.8. The first kappa shape index (κ1) is 12.7. The Morgan fingerprint density at radius 1 is 1.15 bits per heavy atom. The van der Waals surface area contributed by atoms with E-state index in [-0.39, 0.29) is 0 Å². The van der Waals surface area contributed by atoms with E-state index in [1.165, 1.54) is 11.8 Å². The van der Waals surface area contributed by atoms with E-state index in [1.807, 2.05) is 36.4 Å². The monoisotopic (exact) mass is 284 g/mol. The summed E-state index contributed by atoms with van der Waals surface area (Å²) < 4.78 is 5.65. The first-order valence-electron chi connectivity index (χ1n) is 6.18. The molecule has 0 atom stereocenters. The van der Waals surface area contributed by atoms with E-state index in [0.717, 1.165) is 22.2 Å². The molecule has 0 radical (unpaired) electrons. The lowest BCUT2D eigenvalue weighted by molar-refractivity contribution is -0.110. The second-order valence-electron chi connectivity index (χ2n) is 4.35. The van der Waals surface area contributed by atoms with E-state index in [9.17, 15) is 0 Å². The molecular formula is C15H14N3OS+. The van der Waals surface area contributed by atoms with Crippen LogP contribution in [0.15, 0.2) is 52.9 Å². The molecule has 1 aromatic heterocycles. The molecule has 20 heavy (non-hydrogen) atoms. The summed E-state index contributed by atoms with van der Waals surface area (Å²) >= 11 is 1.32. The number of aromatic nitrogens is 1. The second kappa shape index (κ2) is 5.38. The van der Waals surface area contributed by atoms with Gasteiger partial charge in [0.05, 0.1) is 5.75 Å².